The molecule has 19 heavy (non-hydrogen) atoms. The SMILES string of the molecule is CCN(CC(=O)O)C(=O)Nc1ccc(C#N)c(Cl)c1. The minimum atomic E-state index is -1.09. The third kappa shape index (κ3) is 4.16. The number of nitriles is 1. The molecule has 0 aliphatic carbocycles. The van der Waals surface area contributed by atoms with Gasteiger partial charge >= 0.3 is 12.0 Å². The number of nitrogens with zero attached hydrogens (tertiary/aromatic N) is 2. The van der Waals surface area contributed by atoms with Crippen LogP contribution in [0.1, 0.15) is 12.5 Å². The van der Waals surface area contributed by atoms with Gasteiger partial charge in [0, 0.05) is 12.2 Å². The van der Waals surface area contributed by atoms with Crippen molar-refractivity contribution in [1.82, 2.24) is 4.90 Å². The maximum atomic E-state index is 11.8. The van der Waals surface area contributed by atoms with Crippen molar-refractivity contribution in [3.63, 3.8) is 0 Å². The molecule has 1 aromatic carbocycles. The molecule has 2 amide bonds. The van der Waals surface area contributed by atoms with Crippen LogP contribution in [0.15, 0.2) is 18.2 Å². The molecule has 0 aromatic heterocycles. The topological polar surface area (TPSA) is 93.4 Å². The molecule has 0 aliphatic heterocycles. The van der Waals surface area contributed by atoms with Crippen molar-refractivity contribution < 1.29 is 14.7 Å². The number of likely N-dealkylation sites (N-methyl/N-ethyl adjacent to an activating group) is 1. The number of halogens is 1. The molecule has 0 saturated carbocycles. The zero-order valence-corrected chi connectivity index (χ0v) is 10.9. The summed E-state index contributed by atoms with van der Waals surface area (Å²) in [4.78, 5) is 23.5. The van der Waals surface area contributed by atoms with Gasteiger partial charge in [-0.2, -0.15) is 5.26 Å². The van der Waals surface area contributed by atoms with Gasteiger partial charge in [0.05, 0.1) is 10.6 Å². The van der Waals surface area contributed by atoms with Crippen LogP contribution in [0.25, 0.3) is 0 Å². The number of carboxylic acid groups (broad SMARTS) is 1. The van der Waals surface area contributed by atoms with Crippen molar-refractivity contribution in [2.75, 3.05) is 18.4 Å². The summed E-state index contributed by atoms with van der Waals surface area (Å²) in [5, 5.41) is 20.1. The number of nitrogens with one attached hydrogen (secondary N) is 1. The van der Waals surface area contributed by atoms with E-state index in [1.54, 1.807) is 6.92 Å². The van der Waals surface area contributed by atoms with Crippen LogP contribution in [0.2, 0.25) is 5.02 Å². The van der Waals surface area contributed by atoms with Crippen molar-refractivity contribution in [2.45, 2.75) is 6.92 Å². The summed E-state index contributed by atoms with van der Waals surface area (Å²) in [6.45, 7) is 1.56. The van der Waals surface area contributed by atoms with E-state index in [-0.39, 0.29) is 18.1 Å². The van der Waals surface area contributed by atoms with Crippen LogP contribution in [0.3, 0.4) is 0 Å². The van der Waals surface area contributed by atoms with Crippen LogP contribution < -0.4 is 5.32 Å². The number of rotatable bonds is 4. The maximum absolute atomic E-state index is 11.8. The molecule has 0 saturated heterocycles. The van der Waals surface area contributed by atoms with E-state index in [0.717, 1.165) is 4.90 Å². The van der Waals surface area contributed by atoms with E-state index < -0.39 is 12.0 Å². The van der Waals surface area contributed by atoms with Crippen LogP contribution in [0, 0.1) is 11.3 Å². The molecular weight excluding hydrogens is 270 g/mol. The fourth-order valence-corrected chi connectivity index (χ4v) is 1.60. The summed E-state index contributed by atoms with van der Waals surface area (Å²) < 4.78 is 0. The number of carbonyl (C=O) groups excluding carboxylic acids is 1. The van der Waals surface area contributed by atoms with E-state index in [9.17, 15) is 9.59 Å². The molecule has 0 atom stereocenters. The summed E-state index contributed by atoms with van der Waals surface area (Å²) in [5.74, 6) is -1.09. The molecule has 2 N–H and O–H groups in total. The normalized spacial score (nSPS) is 9.53. The Balaban J connectivity index is 2.79. The number of hydrogen-bond donors (Lipinski definition) is 2. The first kappa shape index (κ1) is 14.8. The minimum absolute atomic E-state index is 0.224. The third-order valence-electron chi connectivity index (χ3n) is 2.34. The van der Waals surface area contributed by atoms with E-state index >= 15 is 0 Å². The molecule has 1 aromatic rings. The molecule has 0 fully saturated rings. The van der Waals surface area contributed by atoms with Crippen LogP contribution >= 0.6 is 11.6 Å². The van der Waals surface area contributed by atoms with Crippen LogP contribution in [0.4, 0.5) is 10.5 Å². The van der Waals surface area contributed by atoms with Gasteiger partial charge in [-0.1, -0.05) is 11.6 Å². The molecule has 0 aliphatic rings. The predicted molar refractivity (Wildman–Crippen MR) is 70.1 cm³/mol. The lowest BCUT2D eigenvalue weighted by Gasteiger charge is -2.19. The first-order valence-electron chi connectivity index (χ1n) is 5.45. The Kier molecular flexibility index (Phi) is 5.15. The lowest BCUT2D eigenvalue weighted by Crippen LogP contribution is -2.38. The molecule has 7 heteroatoms. The average Bonchev–Trinajstić information content (AvgIpc) is 2.35. The molecule has 100 valence electrons. The molecule has 0 unspecified atom stereocenters. The zero-order valence-electron chi connectivity index (χ0n) is 10.2. The number of urea groups is 1. The number of anilines is 1. The standard InChI is InChI=1S/C12H12ClN3O3/c1-2-16(7-11(17)18)12(19)15-9-4-3-8(6-14)10(13)5-9/h3-5H,2,7H2,1H3,(H,15,19)(H,17,18). The number of carboxylic acids is 1. The van der Waals surface area contributed by atoms with Crippen molar-refractivity contribution in [1.29, 1.82) is 5.26 Å². The van der Waals surface area contributed by atoms with E-state index in [4.69, 9.17) is 22.0 Å². The fraction of sp³-hybridized carbons (Fsp3) is 0.250. The van der Waals surface area contributed by atoms with Gasteiger partial charge in [-0.25, -0.2) is 4.79 Å². The lowest BCUT2D eigenvalue weighted by atomic mass is 10.2. The summed E-state index contributed by atoms with van der Waals surface area (Å²) in [7, 11) is 0. The predicted octanol–water partition coefficient (Wildman–Crippen LogP) is 2.15. The van der Waals surface area contributed by atoms with Gasteiger partial charge < -0.3 is 15.3 Å². The van der Waals surface area contributed by atoms with Crippen molar-refractivity contribution >= 4 is 29.3 Å². The Labute approximate surface area is 115 Å². The van der Waals surface area contributed by atoms with Gasteiger partial charge in [-0.3, -0.25) is 4.79 Å². The molecule has 0 spiro atoms. The number of hydrogen-bond acceptors (Lipinski definition) is 3. The second-order valence-corrected chi connectivity index (χ2v) is 4.05. The second-order valence-electron chi connectivity index (χ2n) is 3.64. The molecule has 1 rings (SSSR count). The van der Waals surface area contributed by atoms with Gasteiger partial charge in [0.25, 0.3) is 0 Å². The molecule has 0 heterocycles. The van der Waals surface area contributed by atoms with Gasteiger partial charge in [0.2, 0.25) is 0 Å². The molecule has 6 nitrogen and oxygen atoms in total. The van der Waals surface area contributed by atoms with Crippen LogP contribution in [-0.2, 0) is 4.79 Å². The first-order chi connectivity index (χ1) is 8.97. The Bertz CT molecular complexity index is 540. The van der Waals surface area contributed by atoms with Crippen molar-refractivity contribution in [3.8, 4) is 6.07 Å². The summed E-state index contributed by atoms with van der Waals surface area (Å²) in [6.07, 6.45) is 0. The molecular formula is C12H12ClN3O3. The van der Waals surface area contributed by atoms with Crippen LogP contribution in [-0.4, -0.2) is 35.1 Å². The van der Waals surface area contributed by atoms with Crippen LogP contribution in [0.5, 0.6) is 0 Å². The fourth-order valence-electron chi connectivity index (χ4n) is 1.38. The summed E-state index contributed by atoms with van der Waals surface area (Å²) in [5.41, 5.74) is 0.704. The van der Waals surface area contributed by atoms with E-state index in [1.165, 1.54) is 18.2 Å². The van der Waals surface area contributed by atoms with Gasteiger partial charge in [-0.05, 0) is 25.1 Å². The molecule has 0 radical (unpaired) electrons. The van der Waals surface area contributed by atoms with E-state index in [2.05, 4.69) is 5.32 Å². The number of aliphatic carboxylic acids is 1. The van der Waals surface area contributed by atoms with Gasteiger partial charge in [0.15, 0.2) is 0 Å². The van der Waals surface area contributed by atoms with E-state index in [1.807, 2.05) is 6.07 Å². The Morgan fingerprint density at radius 3 is 2.68 bits per heavy atom. The van der Waals surface area contributed by atoms with Crippen molar-refractivity contribution in [2.24, 2.45) is 0 Å². The summed E-state index contributed by atoms with van der Waals surface area (Å²) in [6, 6.07) is 5.81. The zero-order chi connectivity index (χ0) is 14.4. The second kappa shape index (κ2) is 6.61. The smallest absolute Gasteiger partial charge is 0.323 e. The molecule has 0 bridgehead atoms. The highest BCUT2D eigenvalue weighted by molar-refractivity contribution is 6.32. The lowest BCUT2D eigenvalue weighted by molar-refractivity contribution is -0.137. The Morgan fingerprint density at radius 2 is 2.21 bits per heavy atom. The highest BCUT2D eigenvalue weighted by Crippen LogP contribution is 2.20. The Morgan fingerprint density at radius 1 is 1.53 bits per heavy atom. The summed E-state index contributed by atoms with van der Waals surface area (Å²) >= 11 is 5.83. The first-order valence-corrected chi connectivity index (χ1v) is 5.83. The highest BCUT2D eigenvalue weighted by atomic mass is 35.5. The highest BCUT2D eigenvalue weighted by Gasteiger charge is 2.15. The van der Waals surface area contributed by atoms with E-state index in [0.29, 0.717) is 11.3 Å². The quantitative estimate of drug-likeness (QED) is 0.884. The van der Waals surface area contributed by atoms with Gasteiger partial charge in [-0.15, -0.1) is 0 Å². The van der Waals surface area contributed by atoms with Crippen molar-refractivity contribution in [3.05, 3.63) is 28.8 Å². The third-order valence-corrected chi connectivity index (χ3v) is 2.65. The minimum Gasteiger partial charge on any atom is -0.480 e. The monoisotopic (exact) mass is 281 g/mol. The Hall–Kier alpha value is -2.26. The largest absolute Gasteiger partial charge is 0.480 e. The number of benzene rings is 1. The average molecular weight is 282 g/mol. The number of amides is 2. The maximum Gasteiger partial charge on any atom is 0.323 e. The van der Waals surface area contributed by atoms with Gasteiger partial charge in [0.1, 0.15) is 12.6 Å². The number of carbonyl (C=O) groups is 2.